The highest BCUT2D eigenvalue weighted by atomic mass is 16.5. The van der Waals surface area contributed by atoms with E-state index in [-0.39, 0.29) is 12.5 Å². The number of methoxy groups -OCH3 is 1. The zero-order valence-electron chi connectivity index (χ0n) is 17.6. The van der Waals surface area contributed by atoms with Crippen LogP contribution in [0, 0.1) is 6.92 Å². The van der Waals surface area contributed by atoms with E-state index in [9.17, 15) is 4.79 Å². The van der Waals surface area contributed by atoms with Crippen LogP contribution >= 0.6 is 0 Å². The fraction of sp³-hybridized carbons (Fsp3) is 0.130. The van der Waals surface area contributed by atoms with Crippen LogP contribution in [-0.4, -0.2) is 39.1 Å². The van der Waals surface area contributed by atoms with Crippen LogP contribution in [0.1, 0.15) is 5.82 Å². The van der Waals surface area contributed by atoms with Gasteiger partial charge in [0.25, 0.3) is 5.91 Å². The van der Waals surface area contributed by atoms with Crippen molar-refractivity contribution in [2.24, 2.45) is 0 Å². The van der Waals surface area contributed by atoms with E-state index in [1.54, 1.807) is 67.9 Å². The molecule has 0 aliphatic rings. The third-order valence-corrected chi connectivity index (χ3v) is 4.47. The zero-order valence-corrected chi connectivity index (χ0v) is 17.6. The van der Waals surface area contributed by atoms with Crippen LogP contribution in [0.3, 0.4) is 0 Å². The maximum Gasteiger partial charge on any atom is 0.262 e. The Bertz CT molecular complexity index is 1210. The quantitative estimate of drug-likeness (QED) is 0.453. The summed E-state index contributed by atoms with van der Waals surface area (Å²) in [6.07, 6.45) is 4.95. The third-order valence-electron chi connectivity index (χ3n) is 4.47. The Kier molecular flexibility index (Phi) is 6.26. The molecule has 32 heavy (non-hydrogen) atoms. The molecular formula is C23H21N5O4. The highest BCUT2D eigenvalue weighted by Crippen LogP contribution is 2.23. The Hall–Kier alpha value is -4.40. The Balaban J connectivity index is 1.33. The maximum absolute atomic E-state index is 12.2. The van der Waals surface area contributed by atoms with Gasteiger partial charge in [-0.15, -0.1) is 0 Å². The molecule has 2 aromatic carbocycles. The average Bonchev–Trinajstić information content (AvgIpc) is 3.25. The number of rotatable bonds is 8. The molecule has 162 valence electrons. The average molecular weight is 431 g/mol. The first-order valence-electron chi connectivity index (χ1n) is 9.78. The number of ether oxygens (including phenoxy) is 3. The second-order valence-electron chi connectivity index (χ2n) is 6.70. The van der Waals surface area contributed by atoms with Gasteiger partial charge in [0.1, 0.15) is 35.2 Å². The van der Waals surface area contributed by atoms with Crippen molar-refractivity contribution in [1.29, 1.82) is 0 Å². The molecule has 0 bridgehead atoms. The molecule has 0 atom stereocenters. The van der Waals surface area contributed by atoms with Gasteiger partial charge in [0.15, 0.2) is 6.61 Å². The Morgan fingerprint density at radius 3 is 2.56 bits per heavy atom. The molecule has 2 aromatic heterocycles. The number of carbonyl (C=O) groups is 1. The molecule has 0 saturated heterocycles. The number of anilines is 1. The lowest BCUT2D eigenvalue weighted by atomic mass is 10.3. The second-order valence-corrected chi connectivity index (χ2v) is 6.70. The van der Waals surface area contributed by atoms with Gasteiger partial charge < -0.3 is 19.5 Å². The molecule has 2 heterocycles. The number of hydrogen-bond acceptors (Lipinski definition) is 7. The molecule has 0 fully saturated rings. The van der Waals surface area contributed by atoms with Crippen molar-refractivity contribution >= 4 is 11.6 Å². The van der Waals surface area contributed by atoms with Gasteiger partial charge in [-0.05, 0) is 43.3 Å². The topological polar surface area (TPSA) is 100 Å². The second kappa shape index (κ2) is 9.61. The van der Waals surface area contributed by atoms with Crippen LogP contribution in [0.4, 0.5) is 5.69 Å². The van der Waals surface area contributed by atoms with Crippen LogP contribution in [0.15, 0.2) is 73.3 Å². The fourth-order valence-electron chi connectivity index (χ4n) is 2.90. The Morgan fingerprint density at radius 2 is 1.81 bits per heavy atom. The van der Waals surface area contributed by atoms with E-state index in [0.717, 1.165) is 5.82 Å². The fourth-order valence-corrected chi connectivity index (χ4v) is 2.90. The number of carbonyl (C=O) groups excluding carboxylic acids is 1. The molecule has 0 radical (unpaired) electrons. The van der Waals surface area contributed by atoms with Crippen LogP contribution in [-0.2, 0) is 4.79 Å². The predicted molar refractivity (Wildman–Crippen MR) is 118 cm³/mol. The van der Waals surface area contributed by atoms with Gasteiger partial charge in [0, 0.05) is 30.2 Å². The molecule has 4 aromatic rings. The van der Waals surface area contributed by atoms with Crippen molar-refractivity contribution < 1.29 is 19.0 Å². The van der Waals surface area contributed by atoms with Crippen LogP contribution in [0.25, 0.3) is 5.82 Å². The van der Waals surface area contributed by atoms with Gasteiger partial charge in [0.05, 0.1) is 7.11 Å². The van der Waals surface area contributed by atoms with Gasteiger partial charge in [-0.25, -0.2) is 15.0 Å². The SMILES string of the molecule is COc1cccc(OCC(=O)Nc2ccc(Oc3cc(-n4ccnc4C)ncn3)cc2)c1. The van der Waals surface area contributed by atoms with Crippen molar-refractivity contribution in [2.45, 2.75) is 6.92 Å². The van der Waals surface area contributed by atoms with E-state index >= 15 is 0 Å². The molecule has 0 saturated carbocycles. The molecule has 1 N–H and O–H groups in total. The summed E-state index contributed by atoms with van der Waals surface area (Å²) in [6.45, 7) is 1.76. The molecule has 1 amide bonds. The van der Waals surface area contributed by atoms with Crippen LogP contribution < -0.4 is 19.5 Å². The summed E-state index contributed by atoms with van der Waals surface area (Å²) in [4.78, 5) is 24.8. The number of aryl methyl sites for hydroxylation is 1. The first-order chi connectivity index (χ1) is 15.6. The first-order valence-corrected chi connectivity index (χ1v) is 9.78. The number of benzene rings is 2. The van der Waals surface area contributed by atoms with Crippen LogP contribution in [0.5, 0.6) is 23.1 Å². The maximum atomic E-state index is 12.2. The lowest BCUT2D eigenvalue weighted by Crippen LogP contribution is -2.20. The minimum atomic E-state index is -0.280. The van der Waals surface area contributed by atoms with E-state index in [0.29, 0.717) is 34.6 Å². The minimum Gasteiger partial charge on any atom is -0.497 e. The normalized spacial score (nSPS) is 10.4. The van der Waals surface area contributed by atoms with Crippen molar-refractivity contribution in [2.75, 3.05) is 19.0 Å². The van der Waals surface area contributed by atoms with Crippen LogP contribution in [0.2, 0.25) is 0 Å². The summed E-state index contributed by atoms with van der Waals surface area (Å²) in [6, 6.07) is 15.7. The van der Waals surface area contributed by atoms with Gasteiger partial charge in [-0.2, -0.15) is 0 Å². The van der Waals surface area contributed by atoms with Gasteiger partial charge in [0.2, 0.25) is 5.88 Å². The molecule has 9 heteroatoms. The summed E-state index contributed by atoms with van der Waals surface area (Å²) >= 11 is 0. The molecular weight excluding hydrogens is 410 g/mol. The Labute approximate surface area is 184 Å². The summed E-state index contributed by atoms with van der Waals surface area (Å²) in [5, 5.41) is 2.78. The molecule has 4 rings (SSSR count). The zero-order chi connectivity index (χ0) is 22.3. The molecule has 0 spiro atoms. The highest BCUT2D eigenvalue weighted by molar-refractivity contribution is 5.91. The summed E-state index contributed by atoms with van der Waals surface area (Å²) in [5.41, 5.74) is 0.619. The monoisotopic (exact) mass is 431 g/mol. The number of nitrogens with zero attached hydrogens (tertiary/aromatic N) is 4. The summed E-state index contributed by atoms with van der Waals surface area (Å²) < 4.78 is 18.3. The summed E-state index contributed by atoms with van der Waals surface area (Å²) in [5.74, 6) is 3.37. The van der Waals surface area contributed by atoms with Crippen molar-refractivity contribution in [3.63, 3.8) is 0 Å². The number of imidazole rings is 1. The summed E-state index contributed by atoms with van der Waals surface area (Å²) in [7, 11) is 1.57. The minimum absolute atomic E-state index is 0.122. The first kappa shape index (κ1) is 20.9. The lowest BCUT2D eigenvalue weighted by Gasteiger charge is -2.10. The van der Waals surface area contributed by atoms with E-state index < -0.39 is 0 Å². The van der Waals surface area contributed by atoms with Crippen molar-refractivity contribution in [3.8, 4) is 28.9 Å². The molecule has 0 aliphatic heterocycles. The Morgan fingerprint density at radius 1 is 1.00 bits per heavy atom. The number of aromatic nitrogens is 4. The van der Waals surface area contributed by atoms with E-state index in [2.05, 4.69) is 20.3 Å². The number of amides is 1. The van der Waals surface area contributed by atoms with Gasteiger partial charge >= 0.3 is 0 Å². The largest absolute Gasteiger partial charge is 0.497 e. The number of nitrogens with one attached hydrogen (secondary N) is 1. The molecule has 0 aliphatic carbocycles. The van der Waals surface area contributed by atoms with Crippen molar-refractivity contribution in [1.82, 2.24) is 19.5 Å². The third kappa shape index (κ3) is 5.20. The molecule has 9 nitrogen and oxygen atoms in total. The van der Waals surface area contributed by atoms with E-state index in [1.807, 2.05) is 17.7 Å². The van der Waals surface area contributed by atoms with E-state index in [1.165, 1.54) is 6.33 Å². The van der Waals surface area contributed by atoms with E-state index in [4.69, 9.17) is 14.2 Å². The number of hydrogen-bond donors (Lipinski definition) is 1. The molecule has 0 unspecified atom stereocenters. The predicted octanol–water partition coefficient (Wildman–Crippen LogP) is 3.79. The highest BCUT2D eigenvalue weighted by Gasteiger charge is 2.08. The van der Waals surface area contributed by atoms with Gasteiger partial charge in [-0.1, -0.05) is 6.07 Å². The standard InChI is InChI=1S/C23H21N5O4/c1-16-24-10-11-28(16)21-13-23(26-15-25-21)32-18-8-6-17(7-9-18)27-22(29)14-31-20-5-3-4-19(12-20)30-2/h3-13,15H,14H2,1-2H3,(H,27,29). The van der Waals surface area contributed by atoms with Gasteiger partial charge in [-0.3, -0.25) is 9.36 Å². The smallest absolute Gasteiger partial charge is 0.262 e. The van der Waals surface area contributed by atoms with Crippen molar-refractivity contribution in [3.05, 3.63) is 79.1 Å². The lowest BCUT2D eigenvalue weighted by molar-refractivity contribution is -0.118.